The average Bonchev–Trinajstić information content (AvgIpc) is 2.86. The largest absolute Gasteiger partial charge is 0.495 e. The number of aromatic nitrogens is 1. The first-order chi connectivity index (χ1) is 8.93. The second kappa shape index (κ2) is 4.79. The minimum Gasteiger partial charge on any atom is -0.495 e. The summed E-state index contributed by atoms with van der Waals surface area (Å²) in [7, 11) is 1.46. The molecule has 0 N–H and O–H groups in total. The summed E-state index contributed by atoms with van der Waals surface area (Å²) in [5, 5.41) is 0. The van der Waals surface area contributed by atoms with Crippen molar-refractivity contribution in [1.82, 2.24) is 4.57 Å². The standard InChI is InChI=1S/C13H10F3NO2/c1-19-11-5-3-2-4-10(11)17-7-6-9(8-17)12(18)13(14,15)16/h2-8H,1H3. The average molecular weight is 269 g/mol. The number of ketones is 1. The normalized spacial score (nSPS) is 11.4. The summed E-state index contributed by atoms with van der Waals surface area (Å²) >= 11 is 0. The van der Waals surface area contributed by atoms with Gasteiger partial charge >= 0.3 is 6.18 Å². The summed E-state index contributed by atoms with van der Waals surface area (Å²) in [5.74, 6) is -1.36. The van der Waals surface area contributed by atoms with Gasteiger partial charge in [0.1, 0.15) is 5.75 Å². The Labute approximate surface area is 107 Å². The van der Waals surface area contributed by atoms with E-state index < -0.39 is 17.5 Å². The van der Waals surface area contributed by atoms with Crippen LogP contribution in [0, 0.1) is 0 Å². The van der Waals surface area contributed by atoms with Gasteiger partial charge in [-0.25, -0.2) is 0 Å². The first kappa shape index (κ1) is 13.2. The van der Waals surface area contributed by atoms with Crippen molar-refractivity contribution in [1.29, 1.82) is 0 Å². The molecule has 0 aliphatic carbocycles. The number of Topliss-reactive ketones (excluding diaryl/α,β-unsaturated/α-hetero) is 1. The van der Waals surface area contributed by atoms with Gasteiger partial charge in [0.2, 0.25) is 0 Å². The molecular weight excluding hydrogens is 259 g/mol. The number of ether oxygens (including phenoxy) is 1. The van der Waals surface area contributed by atoms with E-state index >= 15 is 0 Å². The van der Waals surface area contributed by atoms with E-state index in [1.54, 1.807) is 24.3 Å². The van der Waals surface area contributed by atoms with Gasteiger partial charge in [0.25, 0.3) is 5.78 Å². The first-order valence-corrected chi connectivity index (χ1v) is 5.36. The van der Waals surface area contributed by atoms with Gasteiger partial charge in [-0.1, -0.05) is 12.1 Å². The maximum absolute atomic E-state index is 12.3. The van der Waals surface area contributed by atoms with Crippen molar-refractivity contribution >= 4 is 5.78 Å². The van der Waals surface area contributed by atoms with Crippen LogP contribution in [0.1, 0.15) is 10.4 Å². The smallest absolute Gasteiger partial charge is 0.454 e. The van der Waals surface area contributed by atoms with Crippen molar-refractivity contribution in [2.75, 3.05) is 7.11 Å². The van der Waals surface area contributed by atoms with Crippen LogP contribution >= 0.6 is 0 Å². The van der Waals surface area contributed by atoms with Gasteiger partial charge in [-0.05, 0) is 18.2 Å². The molecule has 0 aliphatic heterocycles. The Balaban J connectivity index is 2.39. The highest BCUT2D eigenvalue weighted by Gasteiger charge is 2.39. The van der Waals surface area contributed by atoms with Gasteiger partial charge in [0.15, 0.2) is 0 Å². The van der Waals surface area contributed by atoms with Crippen molar-refractivity contribution < 1.29 is 22.7 Å². The summed E-state index contributed by atoms with van der Waals surface area (Å²) in [5.41, 5.74) is 0.157. The molecule has 0 amide bonds. The Bertz CT molecular complexity index is 602. The molecule has 2 rings (SSSR count). The molecule has 2 aromatic rings. The molecule has 0 bridgehead atoms. The number of carbonyl (C=O) groups excluding carboxylic acids is 1. The number of benzene rings is 1. The van der Waals surface area contributed by atoms with Crippen LogP contribution in [0.3, 0.4) is 0 Å². The Hall–Kier alpha value is -2.24. The number of hydrogen-bond acceptors (Lipinski definition) is 2. The van der Waals surface area contributed by atoms with Crippen molar-refractivity contribution in [3.05, 3.63) is 48.3 Å². The van der Waals surface area contributed by atoms with Crippen molar-refractivity contribution in [2.45, 2.75) is 6.18 Å². The molecule has 0 atom stereocenters. The number of halogens is 3. The number of carbonyl (C=O) groups is 1. The number of methoxy groups -OCH3 is 1. The molecule has 3 nitrogen and oxygen atoms in total. The van der Waals surface area contributed by atoms with E-state index in [1.807, 2.05) is 0 Å². The number of nitrogens with zero attached hydrogens (tertiary/aromatic N) is 1. The Morgan fingerprint density at radius 1 is 1.21 bits per heavy atom. The lowest BCUT2D eigenvalue weighted by Gasteiger charge is -2.08. The van der Waals surface area contributed by atoms with Gasteiger partial charge in [-0.3, -0.25) is 4.79 Å². The summed E-state index contributed by atoms with van der Waals surface area (Å²) < 4.78 is 43.4. The second-order valence-corrected chi connectivity index (χ2v) is 3.81. The maximum Gasteiger partial charge on any atom is 0.454 e. The summed E-state index contributed by atoms with van der Waals surface area (Å²) in [6.07, 6.45) is -2.35. The second-order valence-electron chi connectivity index (χ2n) is 3.81. The predicted molar refractivity (Wildman–Crippen MR) is 62.7 cm³/mol. The molecule has 0 saturated heterocycles. The monoisotopic (exact) mass is 269 g/mol. The fourth-order valence-corrected chi connectivity index (χ4v) is 1.69. The Kier molecular flexibility index (Phi) is 3.33. The van der Waals surface area contributed by atoms with Crippen molar-refractivity contribution in [3.8, 4) is 11.4 Å². The van der Waals surface area contributed by atoms with Crippen LogP contribution in [0.5, 0.6) is 5.75 Å². The number of hydrogen-bond donors (Lipinski definition) is 0. The van der Waals surface area contributed by atoms with Gasteiger partial charge in [-0.2, -0.15) is 13.2 Å². The van der Waals surface area contributed by atoms with E-state index in [-0.39, 0.29) is 0 Å². The fourth-order valence-electron chi connectivity index (χ4n) is 1.69. The lowest BCUT2D eigenvalue weighted by atomic mass is 10.2. The zero-order chi connectivity index (χ0) is 14.0. The molecule has 100 valence electrons. The van der Waals surface area contributed by atoms with E-state index in [0.29, 0.717) is 11.4 Å². The van der Waals surface area contributed by atoms with Gasteiger partial charge in [0, 0.05) is 18.0 Å². The molecule has 0 fully saturated rings. The minimum absolute atomic E-state index is 0.404. The molecule has 1 aromatic heterocycles. The summed E-state index contributed by atoms with van der Waals surface area (Å²) in [4.78, 5) is 11.1. The summed E-state index contributed by atoms with van der Waals surface area (Å²) in [6, 6.07) is 7.96. The Morgan fingerprint density at radius 2 is 1.89 bits per heavy atom. The van der Waals surface area contributed by atoms with Crippen LogP contribution in [0.4, 0.5) is 13.2 Å². The molecule has 6 heteroatoms. The van der Waals surface area contributed by atoms with Crippen LogP contribution in [0.15, 0.2) is 42.7 Å². The lowest BCUT2D eigenvalue weighted by molar-refractivity contribution is -0.0885. The lowest BCUT2D eigenvalue weighted by Crippen LogP contribution is -2.22. The fraction of sp³-hybridized carbons (Fsp3) is 0.154. The molecule has 1 heterocycles. The number of alkyl halides is 3. The molecule has 1 aromatic carbocycles. The summed E-state index contributed by atoms with van der Waals surface area (Å²) in [6.45, 7) is 0. The van der Waals surface area contributed by atoms with E-state index in [2.05, 4.69) is 0 Å². The quantitative estimate of drug-likeness (QED) is 0.801. The highest BCUT2D eigenvalue weighted by molar-refractivity contribution is 6.00. The SMILES string of the molecule is COc1ccccc1-n1ccc(C(=O)C(F)(F)F)c1. The van der Waals surface area contributed by atoms with Crippen LogP contribution < -0.4 is 4.74 Å². The van der Waals surface area contributed by atoms with Crippen molar-refractivity contribution in [2.24, 2.45) is 0 Å². The van der Waals surface area contributed by atoms with E-state index in [1.165, 1.54) is 17.9 Å². The van der Waals surface area contributed by atoms with E-state index in [0.717, 1.165) is 12.3 Å². The van der Waals surface area contributed by atoms with Gasteiger partial charge in [0.05, 0.1) is 12.8 Å². The molecular formula is C13H10F3NO2. The third-order valence-electron chi connectivity index (χ3n) is 2.58. The highest BCUT2D eigenvalue weighted by Crippen LogP contribution is 2.25. The third-order valence-corrected chi connectivity index (χ3v) is 2.58. The van der Waals surface area contributed by atoms with Crippen LogP contribution in [-0.4, -0.2) is 23.6 Å². The number of rotatable bonds is 3. The topological polar surface area (TPSA) is 31.2 Å². The van der Waals surface area contributed by atoms with Crippen LogP contribution in [0.2, 0.25) is 0 Å². The maximum atomic E-state index is 12.3. The zero-order valence-electron chi connectivity index (χ0n) is 9.94. The Morgan fingerprint density at radius 3 is 2.53 bits per heavy atom. The molecule has 0 spiro atoms. The molecule has 19 heavy (non-hydrogen) atoms. The van der Waals surface area contributed by atoms with Crippen LogP contribution in [-0.2, 0) is 0 Å². The molecule has 0 aliphatic rings. The van der Waals surface area contributed by atoms with Gasteiger partial charge < -0.3 is 9.30 Å². The highest BCUT2D eigenvalue weighted by atomic mass is 19.4. The molecule has 0 unspecified atom stereocenters. The van der Waals surface area contributed by atoms with E-state index in [4.69, 9.17) is 4.74 Å². The van der Waals surface area contributed by atoms with Gasteiger partial charge in [-0.15, -0.1) is 0 Å². The van der Waals surface area contributed by atoms with E-state index in [9.17, 15) is 18.0 Å². The third kappa shape index (κ3) is 2.62. The first-order valence-electron chi connectivity index (χ1n) is 5.36. The minimum atomic E-state index is -4.87. The van der Waals surface area contributed by atoms with Crippen molar-refractivity contribution in [3.63, 3.8) is 0 Å². The van der Waals surface area contributed by atoms with Crippen LogP contribution in [0.25, 0.3) is 5.69 Å². The molecule has 0 saturated carbocycles. The predicted octanol–water partition coefficient (Wildman–Crippen LogP) is 3.23. The molecule has 0 radical (unpaired) electrons. The number of para-hydroxylation sites is 2. The zero-order valence-corrected chi connectivity index (χ0v) is 9.94.